The number of carbonyl (C=O) groups is 1. The number of ether oxygens (including phenoxy) is 1. The first-order valence-electron chi connectivity index (χ1n) is 17.3. The molecule has 9 rings (SSSR count). The molecular weight excluding hydrogens is 590 g/mol. The average molecular weight is 629 g/mol. The molecule has 0 amide bonds. The number of carbonyl (C=O) groups excluding carboxylic acids is 1. The summed E-state index contributed by atoms with van der Waals surface area (Å²) >= 11 is 0. The molecule has 0 aromatic heterocycles. The van der Waals surface area contributed by atoms with Crippen molar-refractivity contribution < 1.29 is 9.53 Å². The minimum atomic E-state index is -0.343. The molecular formula is C43H38N3O2. The molecule has 5 heteroatoms. The van der Waals surface area contributed by atoms with Crippen LogP contribution in [0.1, 0.15) is 48.8 Å². The summed E-state index contributed by atoms with van der Waals surface area (Å²) in [7, 11) is 2.10. The lowest BCUT2D eigenvalue weighted by Crippen LogP contribution is -2.44. The Bertz CT molecular complexity index is 2410. The lowest BCUT2D eigenvalue weighted by molar-refractivity contribution is -0.125. The summed E-state index contributed by atoms with van der Waals surface area (Å²) < 4.78 is 6.43. The van der Waals surface area contributed by atoms with Crippen molar-refractivity contribution in [1.82, 2.24) is 4.90 Å². The first kappa shape index (κ1) is 29.3. The van der Waals surface area contributed by atoms with Gasteiger partial charge in [-0.3, -0.25) is 14.7 Å². The highest BCUT2D eigenvalue weighted by Gasteiger charge is 2.42. The number of ketones is 1. The zero-order chi connectivity index (χ0) is 32.4. The van der Waals surface area contributed by atoms with E-state index in [4.69, 9.17) is 14.7 Å². The van der Waals surface area contributed by atoms with Crippen molar-refractivity contribution in [2.24, 2.45) is 15.9 Å². The van der Waals surface area contributed by atoms with Crippen molar-refractivity contribution in [3.05, 3.63) is 151 Å². The van der Waals surface area contributed by atoms with Crippen LogP contribution in [0.25, 0.3) is 17.2 Å². The Hall–Kier alpha value is -4.87. The van der Waals surface area contributed by atoms with Gasteiger partial charge in [-0.25, -0.2) is 4.99 Å². The molecule has 4 atom stereocenters. The van der Waals surface area contributed by atoms with Gasteiger partial charge >= 0.3 is 0 Å². The number of rotatable bonds is 6. The number of hydrogen-bond donors (Lipinski definition) is 0. The summed E-state index contributed by atoms with van der Waals surface area (Å²) in [4.78, 5) is 27.3. The number of benzene rings is 4. The highest BCUT2D eigenvalue weighted by Crippen LogP contribution is 2.40. The molecule has 2 aliphatic carbocycles. The van der Waals surface area contributed by atoms with E-state index in [1.54, 1.807) is 0 Å². The van der Waals surface area contributed by atoms with E-state index < -0.39 is 0 Å². The summed E-state index contributed by atoms with van der Waals surface area (Å²) in [5.41, 5.74) is 6.83. The summed E-state index contributed by atoms with van der Waals surface area (Å²) in [6, 6.07) is 32.3. The Morgan fingerprint density at radius 1 is 0.958 bits per heavy atom. The first-order chi connectivity index (χ1) is 23.6. The number of likely N-dealkylation sites (tertiary alicyclic amines) is 1. The van der Waals surface area contributed by atoms with Crippen LogP contribution in [0, 0.1) is 22.4 Å². The quantitative estimate of drug-likeness (QED) is 0.318. The normalized spacial score (nSPS) is 23.8. The molecule has 48 heavy (non-hydrogen) atoms. The Morgan fingerprint density at radius 3 is 2.65 bits per heavy atom. The minimum Gasteiger partial charge on any atom is -0.485 e. The third kappa shape index (κ3) is 4.67. The lowest BCUT2D eigenvalue weighted by atomic mass is 9.72. The van der Waals surface area contributed by atoms with Gasteiger partial charge in [0.15, 0.2) is 11.5 Å². The summed E-state index contributed by atoms with van der Waals surface area (Å²) in [5.74, 6) is 1.05. The number of likely N-dealkylation sites (N-methyl/N-ethyl adjacent to an activating group) is 1. The fraction of sp³-hybridized carbons (Fsp3) is 0.279. The number of aliphatic imine (C=N–C) groups is 1. The van der Waals surface area contributed by atoms with Crippen LogP contribution in [0.2, 0.25) is 0 Å². The molecule has 4 aromatic rings. The molecule has 4 aromatic carbocycles. The van der Waals surface area contributed by atoms with Gasteiger partial charge in [0.2, 0.25) is 0 Å². The molecule has 3 heterocycles. The minimum absolute atomic E-state index is 0.0594. The smallest absolute Gasteiger partial charge is 0.163 e. The number of allylic oxidation sites excluding steroid dienone is 1. The zero-order valence-electron chi connectivity index (χ0n) is 27.4. The predicted octanol–water partition coefficient (Wildman–Crippen LogP) is 4.41. The molecule has 3 unspecified atom stereocenters. The Morgan fingerprint density at radius 2 is 1.79 bits per heavy atom. The Balaban J connectivity index is 1.28. The van der Waals surface area contributed by atoms with E-state index in [1.165, 1.54) is 32.0 Å². The van der Waals surface area contributed by atoms with E-state index in [9.17, 15) is 4.79 Å². The second-order valence-electron chi connectivity index (χ2n) is 13.8. The van der Waals surface area contributed by atoms with Crippen molar-refractivity contribution >= 4 is 29.2 Å². The highest BCUT2D eigenvalue weighted by molar-refractivity contribution is 6.00. The van der Waals surface area contributed by atoms with Crippen LogP contribution in [0.4, 0.5) is 0 Å². The monoisotopic (exact) mass is 628 g/mol. The van der Waals surface area contributed by atoms with E-state index in [0.717, 1.165) is 65.2 Å². The fourth-order valence-electron chi connectivity index (χ4n) is 8.84. The molecule has 1 fully saturated rings. The Kier molecular flexibility index (Phi) is 7.12. The van der Waals surface area contributed by atoms with E-state index in [1.807, 2.05) is 36.5 Å². The standard InChI is InChI=1S/C43H38N3O2/c1-26-23-28-13-6-7-14-29(28)30-18-19-32-31(38(26)30)20-21-34(43(47)36-17-10-22-46(36)2)39(32)42-40-33-15-8-9-16-35(33)45-41(40)37(24-44-42)48-25-27-11-4-3-5-12-27/h3-8,11-16,18-19,23-24,26,34,36,42H,10,17,20-22,25H2,1-2H3/t26?,34?,36?,42-/m0/s1. The van der Waals surface area contributed by atoms with Gasteiger partial charge in [-0.15, -0.1) is 0 Å². The molecule has 0 bridgehead atoms. The number of nitrogens with zero attached hydrogens (tertiary/aromatic N) is 3. The predicted molar refractivity (Wildman–Crippen MR) is 189 cm³/mol. The molecule has 5 aliphatic rings. The number of dihydropyridines is 1. The van der Waals surface area contributed by atoms with Gasteiger partial charge in [0.05, 0.1) is 17.6 Å². The molecule has 237 valence electrons. The molecule has 0 spiro atoms. The van der Waals surface area contributed by atoms with Gasteiger partial charge in [0.25, 0.3) is 0 Å². The van der Waals surface area contributed by atoms with Gasteiger partial charge in [0, 0.05) is 22.6 Å². The maximum absolute atomic E-state index is 14.7. The van der Waals surface area contributed by atoms with Crippen molar-refractivity contribution in [3.63, 3.8) is 0 Å². The third-order valence-electron chi connectivity index (χ3n) is 11.1. The van der Waals surface area contributed by atoms with E-state index >= 15 is 0 Å². The maximum atomic E-state index is 14.7. The second-order valence-corrected chi connectivity index (χ2v) is 13.8. The van der Waals surface area contributed by atoms with Crippen LogP contribution in [0.5, 0.6) is 0 Å². The van der Waals surface area contributed by atoms with Crippen LogP contribution in [0.3, 0.4) is 0 Å². The van der Waals surface area contributed by atoms with Crippen LogP contribution in [-0.4, -0.2) is 42.6 Å². The summed E-state index contributed by atoms with van der Waals surface area (Å²) in [6.07, 6.45) is 7.91. The van der Waals surface area contributed by atoms with Crippen molar-refractivity contribution in [3.8, 4) is 0 Å². The summed E-state index contributed by atoms with van der Waals surface area (Å²) in [6.45, 7) is 3.71. The molecule has 3 aliphatic heterocycles. The van der Waals surface area contributed by atoms with Crippen molar-refractivity contribution in [1.29, 1.82) is 0 Å². The van der Waals surface area contributed by atoms with Gasteiger partial charge in [0.1, 0.15) is 18.3 Å². The van der Waals surface area contributed by atoms with Crippen molar-refractivity contribution in [2.45, 2.75) is 57.2 Å². The first-order valence-corrected chi connectivity index (χ1v) is 17.3. The Labute approximate surface area is 280 Å². The average Bonchev–Trinajstić information content (AvgIpc) is 3.74. The zero-order valence-corrected chi connectivity index (χ0v) is 27.4. The molecule has 0 saturated carbocycles. The van der Waals surface area contributed by atoms with Crippen LogP contribution in [0.15, 0.2) is 106 Å². The second kappa shape index (κ2) is 11.7. The SMILES string of the molecule is CC1C=c2ccccc2=c2ccc3c(c21)CCC(C(=O)C1CCCN1C)C=3[C@@H]1N=CC(OCc2ccccc2)=C2N=c3c[c]ccc3=C21. The number of fused-ring (bicyclic) bond motifs is 6. The van der Waals surface area contributed by atoms with E-state index in [2.05, 4.69) is 85.6 Å². The maximum Gasteiger partial charge on any atom is 0.163 e. The van der Waals surface area contributed by atoms with Crippen molar-refractivity contribution in [2.75, 3.05) is 13.6 Å². The van der Waals surface area contributed by atoms with Gasteiger partial charge in [-0.05, 0) is 94.5 Å². The van der Waals surface area contributed by atoms with Gasteiger partial charge < -0.3 is 4.74 Å². The fourth-order valence-corrected chi connectivity index (χ4v) is 8.84. The van der Waals surface area contributed by atoms with E-state index in [-0.39, 0.29) is 23.9 Å². The molecule has 1 radical (unpaired) electrons. The van der Waals surface area contributed by atoms with Gasteiger partial charge in [-0.1, -0.05) is 91.9 Å². The molecule has 5 nitrogen and oxygen atoms in total. The highest BCUT2D eigenvalue weighted by atomic mass is 16.5. The molecule has 0 N–H and O–H groups in total. The number of hydrogen-bond acceptors (Lipinski definition) is 5. The summed E-state index contributed by atoms with van der Waals surface area (Å²) in [5, 5.41) is 7.00. The van der Waals surface area contributed by atoms with E-state index in [0.29, 0.717) is 18.1 Å². The van der Waals surface area contributed by atoms with Crippen LogP contribution >= 0.6 is 0 Å². The van der Waals surface area contributed by atoms with Crippen LogP contribution < -0.4 is 21.0 Å². The van der Waals surface area contributed by atoms with Gasteiger partial charge in [-0.2, -0.15) is 0 Å². The largest absolute Gasteiger partial charge is 0.485 e. The topological polar surface area (TPSA) is 54.3 Å². The third-order valence-corrected chi connectivity index (χ3v) is 11.1. The molecule has 1 saturated heterocycles. The number of Topliss-reactive ketones (excluding diaryl/α,β-unsaturated/α-hetero) is 1. The van der Waals surface area contributed by atoms with Crippen LogP contribution in [-0.2, 0) is 22.6 Å². The lowest BCUT2D eigenvalue weighted by Gasteiger charge is -2.35.